The van der Waals surface area contributed by atoms with Crippen molar-refractivity contribution in [3.05, 3.63) is 64.2 Å². The van der Waals surface area contributed by atoms with Gasteiger partial charge in [0.25, 0.3) is 0 Å². The van der Waals surface area contributed by atoms with Gasteiger partial charge in [0.05, 0.1) is 18.2 Å². The fourth-order valence-corrected chi connectivity index (χ4v) is 3.02. The summed E-state index contributed by atoms with van der Waals surface area (Å²) in [5.74, 6) is -1.58. The standard InChI is InChI=1S/C17H15BrO5/c1-23-15-4-2-3-10(14(15)9-18)7-11-5-6-12(16(19)20)8-13(11)17(21)22/h2-6,8H,7,9H2,1H3,(H,19,20)(H,21,22). The van der Waals surface area contributed by atoms with Crippen molar-refractivity contribution >= 4 is 27.9 Å². The summed E-state index contributed by atoms with van der Waals surface area (Å²) in [6.07, 6.45) is 0.375. The molecule has 0 bridgehead atoms. The van der Waals surface area contributed by atoms with Crippen molar-refractivity contribution in [1.82, 2.24) is 0 Å². The van der Waals surface area contributed by atoms with Gasteiger partial charge in [0.15, 0.2) is 0 Å². The Morgan fingerprint density at radius 1 is 1.09 bits per heavy atom. The number of carboxylic acid groups (broad SMARTS) is 2. The second-order valence-electron chi connectivity index (χ2n) is 4.89. The van der Waals surface area contributed by atoms with Crippen LogP contribution in [-0.4, -0.2) is 29.3 Å². The Labute approximate surface area is 141 Å². The molecule has 0 unspecified atom stereocenters. The molecule has 0 atom stereocenters. The zero-order chi connectivity index (χ0) is 17.0. The summed E-state index contributed by atoms with van der Waals surface area (Å²) in [4.78, 5) is 22.5. The molecule has 23 heavy (non-hydrogen) atoms. The number of ether oxygens (including phenoxy) is 1. The van der Waals surface area contributed by atoms with Gasteiger partial charge in [-0.05, 0) is 35.7 Å². The van der Waals surface area contributed by atoms with Crippen LogP contribution < -0.4 is 4.74 Å². The highest BCUT2D eigenvalue weighted by molar-refractivity contribution is 9.08. The third kappa shape index (κ3) is 3.71. The molecular formula is C17H15BrO5. The van der Waals surface area contributed by atoms with Crippen LogP contribution in [0.2, 0.25) is 0 Å². The van der Waals surface area contributed by atoms with Crippen molar-refractivity contribution in [2.45, 2.75) is 11.8 Å². The molecule has 2 N–H and O–H groups in total. The first kappa shape index (κ1) is 17.0. The Morgan fingerprint density at radius 3 is 2.39 bits per heavy atom. The van der Waals surface area contributed by atoms with Gasteiger partial charge in [-0.15, -0.1) is 0 Å². The van der Waals surface area contributed by atoms with Gasteiger partial charge in [0.2, 0.25) is 0 Å². The molecule has 0 aromatic heterocycles. The molecule has 0 aliphatic carbocycles. The zero-order valence-corrected chi connectivity index (χ0v) is 14.0. The summed E-state index contributed by atoms with van der Waals surface area (Å²) in [5.41, 5.74) is 2.36. The summed E-state index contributed by atoms with van der Waals surface area (Å²) >= 11 is 3.42. The number of carbonyl (C=O) groups is 2. The Hall–Kier alpha value is -2.34. The monoisotopic (exact) mass is 378 g/mol. The highest BCUT2D eigenvalue weighted by Gasteiger charge is 2.16. The quantitative estimate of drug-likeness (QED) is 0.750. The van der Waals surface area contributed by atoms with Crippen molar-refractivity contribution in [2.75, 3.05) is 7.11 Å². The van der Waals surface area contributed by atoms with Crippen LogP contribution in [0.4, 0.5) is 0 Å². The van der Waals surface area contributed by atoms with E-state index in [9.17, 15) is 14.7 Å². The van der Waals surface area contributed by atoms with Crippen molar-refractivity contribution in [1.29, 1.82) is 0 Å². The van der Waals surface area contributed by atoms with E-state index in [0.717, 1.165) is 16.9 Å². The number of benzene rings is 2. The minimum absolute atomic E-state index is 0.00626. The Balaban J connectivity index is 2.48. The van der Waals surface area contributed by atoms with E-state index < -0.39 is 11.9 Å². The molecule has 6 heteroatoms. The van der Waals surface area contributed by atoms with Crippen LogP contribution in [0.15, 0.2) is 36.4 Å². The molecule has 0 aliphatic rings. The van der Waals surface area contributed by atoms with Gasteiger partial charge < -0.3 is 14.9 Å². The zero-order valence-electron chi connectivity index (χ0n) is 12.4. The molecule has 0 spiro atoms. The number of rotatable bonds is 6. The number of halogens is 1. The van der Waals surface area contributed by atoms with Gasteiger partial charge >= 0.3 is 11.9 Å². The highest BCUT2D eigenvalue weighted by Crippen LogP contribution is 2.27. The fourth-order valence-electron chi connectivity index (χ4n) is 2.39. The maximum atomic E-state index is 11.4. The van der Waals surface area contributed by atoms with Crippen LogP contribution in [0.25, 0.3) is 0 Å². The minimum Gasteiger partial charge on any atom is -0.496 e. The molecule has 0 saturated carbocycles. The summed E-state index contributed by atoms with van der Waals surface area (Å²) in [6.45, 7) is 0. The van der Waals surface area contributed by atoms with Gasteiger partial charge in [-0.1, -0.05) is 34.1 Å². The average Bonchev–Trinajstić information content (AvgIpc) is 2.54. The normalized spacial score (nSPS) is 10.3. The smallest absolute Gasteiger partial charge is 0.336 e. The molecule has 2 aromatic rings. The number of hydrogen-bond acceptors (Lipinski definition) is 3. The Bertz CT molecular complexity index is 755. The SMILES string of the molecule is COc1cccc(Cc2ccc(C(=O)O)cc2C(=O)O)c1CBr. The second-order valence-corrected chi connectivity index (χ2v) is 5.45. The first-order valence-electron chi connectivity index (χ1n) is 6.78. The predicted octanol–water partition coefficient (Wildman–Crippen LogP) is 3.58. The first-order valence-corrected chi connectivity index (χ1v) is 7.90. The number of alkyl halides is 1. The van der Waals surface area contributed by atoms with Gasteiger partial charge in [-0.3, -0.25) is 0 Å². The van der Waals surface area contributed by atoms with Crippen LogP contribution in [0.1, 0.15) is 37.4 Å². The van der Waals surface area contributed by atoms with Gasteiger partial charge in [0.1, 0.15) is 5.75 Å². The van der Waals surface area contributed by atoms with Crippen LogP contribution in [0.3, 0.4) is 0 Å². The van der Waals surface area contributed by atoms with E-state index in [4.69, 9.17) is 9.84 Å². The summed E-state index contributed by atoms with van der Waals surface area (Å²) in [7, 11) is 1.58. The molecule has 2 rings (SSSR count). The van der Waals surface area contributed by atoms with Gasteiger partial charge in [-0.2, -0.15) is 0 Å². The van der Waals surface area contributed by atoms with E-state index in [1.807, 2.05) is 18.2 Å². The van der Waals surface area contributed by atoms with Crippen molar-refractivity contribution in [3.8, 4) is 5.75 Å². The lowest BCUT2D eigenvalue weighted by molar-refractivity contribution is 0.0695. The number of hydrogen-bond donors (Lipinski definition) is 2. The second kappa shape index (κ2) is 7.28. The van der Waals surface area contributed by atoms with E-state index in [1.165, 1.54) is 12.1 Å². The first-order chi connectivity index (χ1) is 11.0. The van der Waals surface area contributed by atoms with E-state index in [2.05, 4.69) is 15.9 Å². The molecule has 0 saturated heterocycles. The summed E-state index contributed by atoms with van der Waals surface area (Å²) in [6, 6.07) is 9.73. The highest BCUT2D eigenvalue weighted by atomic mass is 79.9. The van der Waals surface area contributed by atoms with E-state index in [0.29, 0.717) is 17.3 Å². The number of carboxylic acids is 2. The third-order valence-electron chi connectivity index (χ3n) is 3.55. The average molecular weight is 379 g/mol. The van der Waals surface area contributed by atoms with Crippen LogP contribution in [0, 0.1) is 0 Å². The van der Waals surface area contributed by atoms with Crippen molar-refractivity contribution in [2.24, 2.45) is 0 Å². The van der Waals surface area contributed by atoms with Crippen molar-refractivity contribution < 1.29 is 24.5 Å². The van der Waals surface area contributed by atoms with Crippen molar-refractivity contribution in [3.63, 3.8) is 0 Å². The van der Waals surface area contributed by atoms with Gasteiger partial charge in [-0.25, -0.2) is 9.59 Å². The number of aromatic carboxylic acids is 2. The Kier molecular flexibility index (Phi) is 5.39. The maximum absolute atomic E-state index is 11.4. The molecule has 120 valence electrons. The lowest BCUT2D eigenvalue weighted by atomic mass is 9.95. The molecule has 2 aromatic carbocycles. The molecule has 0 radical (unpaired) electrons. The third-order valence-corrected chi connectivity index (χ3v) is 4.11. The van der Waals surface area contributed by atoms with Crippen LogP contribution >= 0.6 is 15.9 Å². The largest absolute Gasteiger partial charge is 0.496 e. The lowest BCUT2D eigenvalue weighted by Gasteiger charge is -2.13. The molecule has 5 nitrogen and oxygen atoms in total. The molecular weight excluding hydrogens is 364 g/mol. The molecule has 0 fully saturated rings. The van der Waals surface area contributed by atoms with Crippen LogP contribution in [0.5, 0.6) is 5.75 Å². The maximum Gasteiger partial charge on any atom is 0.336 e. The molecule has 0 heterocycles. The van der Waals surface area contributed by atoms with E-state index >= 15 is 0 Å². The summed E-state index contributed by atoms with van der Waals surface area (Å²) < 4.78 is 5.32. The predicted molar refractivity (Wildman–Crippen MR) is 88.8 cm³/mol. The van der Waals surface area contributed by atoms with E-state index in [-0.39, 0.29) is 11.1 Å². The Morgan fingerprint density at radius 2 is 1.83 bits per heavy atom. The molecule has 0 amide bonds. The summed E-state index contributed by atoms with van der Waals surface area (Å²) in [5, 5.41) is 18.9. The minimum atomic E-state index is -1.15. The molecule has 0 aliphatic heterocycles. The topological polar surface area (TPSA) is 83.8 Å². The van der Waals surface area contributed by atoms with Crippen LogP contribution in [-0.2, 0) is 11.8 Å². The fraction of sp³-hybridized carbons (Fsp3) is 0.176. The lowest BCUT2D eigenvalue weighted by Crippen LogP contribution is -2.07. The number of methoxy groups -OCH3 is 1. The van der Waals surface area contributed by atoms with E-state index in [1.54, 1.807) is 13.2 Å². The van der Waals surface area contributed by atoms with Gasteiger partial charge in [0, 0.05) is 10.9 Å².